The maximum Gasteiger partial charge on any atom is 0.573 e. The van der Waals surface area contributed by atoms with Gasteiger partial charge in [-0.3, -0.25) is 4.79 Å². The Kier molecular flexibility index (Phi) is 8.70. The first kappa shape index (κ1) is 30.3. The lowest BCUT2D eigenvalue weighted by Crippen LogP contribution is -2.48. The van der Waals surface area contributed by atoms with E-state index in [1.165, 1.54) is 24.3 Å². The van der Waals surface area contributed by atoms with Crippen molar-refractivity contribution in [1.29, 1.82) is 0 Å². The number of benzene rings is 4. The summed E-state index contributed by atoms with van der Waals surface area (Å²) in [6.07, 6.45) is -10.0. The third-order valence-corrected chi connectivity index (χ3v) is 6.38. The van der Waals surface area contributed by atoms with Crippen LogP contribution in [0, 0.1) is 0 Å². The van der Waals surface area contributed by atoms with E-state index < -0.39 is 35.7 Å². The molecule has 0 bridgehead atoms. The van der Waals surface area contributed by atoms with Crippen LogP contribution in [-0.2, 0) is 12.0 Å². The normalized spacial score (nSPS) is 12.0. The molecule has 0 aliphatic rings. The van der Waals surface area contributed by atoms with Crippen LogP contribution < -0.4 is 19.7 Å². The van der Waals surface area contributed by atoms with E-state index in [0.29, 0.717) is 11.3 Å². The second-order valence-electron chi connectivity index (χ2n) is 9.62. The highest BCUT2D eigenvalue weighted by Gasteiger charge is 2.39. The molecular formula is C31H26F6N2O3. The zero-order valence-corrected chi connectivity index (χ0v) is 22.5. The smallest absolute Gasteiger partial charge is 0.406 e. The number of carbonyl (C=O) groups excluding carboxylic acids is 1. The molecule has 4 aromatic rings. The van der Waals surface area contributed by atoms with Crippen molar-refractivity contribution >= 4 is 11.6 Å². The number of carbonyl (C=O) groups is 1. The standard InChI is InChI=1S/C31H26F6N2O3/c1-39(2)25-14-6-11-22(17-25)28(40)38-29(20-21-9-4-3-5-10-21,23-12-7-15-26(18-23)41-30(32,33)34)24-13-8-16-27(19-24)42-31(35,36)37/h3-19H,20H2,1-2H3,(H,38,40). The number of amides is 1. The van der Waals surface area contributed by atoms with E-state index in [1.807, 2.05) is 0 Å². The summed E-state index contributed by atoms with van der Waals surface area (Å²) < 4.78 is 87.3. The lowest BCUT2D eigenvalue weighted by Gasteiger charge is -2.37. The van der Waals surface area contributed by atoms with Crippen molar-refractivity contribution in [3.8, 4) is 11.5 Å². The molecule has 42 heavy (non-hydrogen) atoms. The van der Waals surface area contributed by atoms with Crippen LogP contribution in [0.5, 0.6) is 11.5 Å². The number of nitrogens with zero attached hydrogens (tertiary/aromatic N) is 1. The molecule has 4 aromatic carbocycles. The molecule has 11 heteroatoms. The van der Waals surface area contributed by atoms with Crippen LogP contribution in [0.1, 0.15) is 27.0 Å². The fraction of sp³-hybridized carbons (Fsp3) is 0.194. The third-order valence-electron chi connectivity index (χ3n) is 6.38. The lowest BCUT2D eigenvalue weighted by atomic mass is 9.77. The number of rotatable bonds is 9. The summed E-state index contributed by atoms with van der Waals surface area (Å²) in [7, 11) is 3.57. The number of nitrogens with one attached hydrogen (secondary N) is 1. The summed E-state index contributed by atoms with van der Waals surface area (Å²) in [5, 5.41) is 2.94. The monoisotopic (exact) mass is 588 g/mol. The number of ether oxygens (including phenoxy) is 2. The van der Waals surface area contributed by atoms with E-state index in [0.717, 1.165) is 24.3 Å². The highest BCUT2D eigenvalue weighted by Crippen LogP contribution is 2.38. The minimum absolute atomic E-state index is 0.0438. The number of hydrogen-bond donors (Lipinski definition) is 1. The minimum atomic E-state index is -5.00. The Labute approximate surface area is 238 Å². The largest absolute Gasteiger partial charge is 0.573 e. The Morgan fingerprint density at radius 3 is 1.71 bits per heavy atom. The van der Waals surface area contributed by atoms with Crippen molar-refractivity contribution in [1.82, 2.24) is 5.32 Å². The minimum Gasteiger partial charge on any atom is -0.406 e. The molecule has 0 saturated carbocycles. The second-order valence-corrected chi connectivity index (χ2v) is 9.62. The fourth-order valence-corrected chi connectivity index (χ4v) is 4.57. The molecule has 0 aromatic heterocycles. The quantitative estimate of drug-likeness (QED) is 0.206. The van der Waals surface area contributed by atoms with Crippen LogP contribution in [0.3, 0.4) is 0 Å². The summed E-state index contributed by atoms with van der Waals surface area (Å²) >= 11 is 0. The predicted molar refractivity (Wildman–Crippen MR) is 145 cm³/mol. The molecule has 1 N–H and O–H groups in total. The molecule has 5 nitrogen and oxygen atoms in total. The first-order valence-electron chi connectivity index (χ1n) is 12.6. The third kappa shape index (κ3) is 7.74. The predicted octanol–water partition coefficient (Wildman–Crippen LogP) is 7.47. The van der Waals surface area contributed by atoms with E-state index in [4.69, 9.17) is 0 Å². The fourth-order valence-electron chi connectivity index (χ4n) is 4.57. The van der Waals surface area contributed by atoms with Crippen molar-refractivity contribution in [2.45, 2.75) is 24.7 Å². The first-order valence-corrected chi connectivity index (χ1v) is 12.6. The Morgan fingerprint density at radius 1 is 0.690 bits per heavy atom. The van der Waals surface area contributed by atoms with Crippen molar-refractivity contribution in [2.24, 2.45) is 0 Å². The Bertz CT molecular complexity index is 1460. The first-order chi connectivity index (χ1) is 19.7. The molecule has 0 aliphatic heterocycles. The van der Waals surface area contributed by atoms with Crippen molar-refractivity contribution in [3.63, 3.8) is 0 Å². The van der Waals surface area contributed by atoms with Crippen LogP contribution in [0.4, 0.5) is 32.0 Å². The van der Waals surface area contributed by atoms with E-state index >= 15 is 0 Å². The van der Waals surface area contributed by atoms with E-state index in [-0.39, 0.29) is 23.1 Å². The van der Waals surface area contributed by atoms with Gasteiger partial charge < -0.3 is 19.7 Å². The lowest BCUT2D eigenvalue weighted by molar-refractivity contribution is -0.275. The molecule has 0 atom stereocenters. The van der Waals surface area contributed by atoms with Crippen LogP contribution in [0.25, 0.3) is 0 Å². The summed E-state index contributed by atoms with van der Waals surface area (Å²) in [5.74, 6) is -1.74. The van der Waals surface area contributed by atoms with Gasteiger partial charge in [0, 0.05) is 31.8 Å². The Morgan fingerprint density at radius 2 is 1.21 bits per heavy atom. The number of anilines is 1. The zero-order chi connectivity index (χ0) is 30.5. The maximum atomic E-state index is 13.8. The molecule has 4 rings (SSSR count). The van der Waals surface area contributed by atoms with Gasteiger partial charge in [0.2, 0.25) is 0 Å². The molecule has 1 amide bonds. The van der Waals surface area contributed by atoms with Crippen molar-refractivity contribution in [3.05, 3.63) is 125 Å². The Hall–Kier alpha value is -4.67. The summed E-state index contributed by atoms with van der Waals surface area (Å²) in [5.41, 5.74) is 0.164. The van der Waals surface area contributed by atoms with Gasteiger partial charge in [0.1, 0.15) is 11.5 Å². The van der Waals surface area contributed by atoms with Gasteiger partial charge in [-0.1, -0.05) is 60.7 Å². The van der Waals surface area contributed by atoms with Crippen LogP contribution in [0.15, 0.2) is 103 Å². The van der Waals surface area contributed by atoms with Gasteiger partial charge in [0.05, 0.1) is 5.54 Å². The molecule has 0 heterocycles. The van der Waals surface area contributed by atoms with Gasteiger partial charge in [-0.05, 0) is 59.2 Å². The van der Waals surface area contributed by atoms with E-state index in [1.54, 1.807) is 73.6 Å². The SMILES string of the molecule is CN(C)c1cccc(C(=O)NC(Cc2ccccc2)(c2cccc(OC(F)(F)F)c2)c2cccc(OC(F)(F)F)c2)c1. The topological polar surface area (TPSA) is 50.8 Å². The number of alkyl halides is 6. The highest BCUT2D eigenvalue weighted by atomic mass is 19.4. The van der Waals surface area contributed by atoms with Crippen molar-refractivity contribution in [2.75, 3.05) is 19.0 Å². The molecule has 0 aliphatic carbocycles. The molecule has 0 spiro atoms. The van der Waals surface area contributed by atoms with Crippen molar-refractivity contribution < 1.29 is 40.6 Å². The van der Waals surface area contributed by atoms with Gasteiger partial charge in [-0.15, -0.1) is 26.3 Å². The summed E-state index contributed by atoms with van der Waals surface area (Å²) in [6, 6.07) is 25.3. The number of halogens is 6. The zero-order valence-electron chi connectivity index (χ0n) is 22.5. The molecule has 0 unspecified atom stereocenters. The van der Waals surface area contributed by atoms with Gasteiger partial charge in [-0.25, -0.2) is 0 Å². The molecular weight excluding hydrogens is 562 g/mol. The maximum absolute atomic E-state index is 13.8. The molecule has 0 saturated heterocycles. The van der Waals surface area contributed by atoms with Gasteiger partial charge in [0.15, 0.2) is 0 Å². The molecule has 0 fully saturated rings. The van der Waals surface area contributed by atoms with E-state index in [9.17, 15) is 31.1 Å². The van der Waals surface area contributed by atoms with Gasteiger partial charge in [-0.2, -0.15) is 0 Å². The van der Waals surface area contributed by atoms with Crippen LogP contribution in [-0.4, -0.2) is 32.7 Å². The molecule has 0 radical (unpaired) electrons. The average molecular weight is 589 g/mol. The number of hydrogen-bond acceptors (Lipinski definition) is 4. The Balaban J connectivity index is 1.95. The molecule has 220 valence electrons. The van der Waals surface area contributed by atoms with Gasteiger partial charge in [0.25, 0.3) is 5.91 Å². The van der Waals surface area contributed by atoms with Crippen LogP contribution in [0.2, 0.25) is 0 Å². The summed E-state index contributed by atoms with van der Waals surface area (Å²) in [6.45, 7) is 0. The van der Waals surface area contributed by atoms with E-state index in [2.05, 4.69) is 14.8 Å². The second kappa shape index (κ2) is 12.1. The van der Waals surface area contributed by atoms with Crippen LogP contribution >= 0.6 is 0 Å². The van der Waals surface area contributed by atoms with Gasteiger partial charge >= 0.3 is 12.7 Å². The summed E-state index contributed by atoms with van der Waals surface area (Å²) in [4.78, 5) is 15.6. The average Bonchev–Trinajstić information content (AvgIpc) is 2.91. The highest BCUT2D eigenvalue weighted by molar-refractivity contribution is 5.96.